The molecule has 7 rings (SSSR count). The van der Waals surface area contributed by atoms with E-state index in [9.17, 15) is 19.5 Å². The number of phenolic OH excluding ortho intramolecular Hbond substituents is 1. The minimum Gasteiger partial charge on any atom is -0.507 e. The number of nitrogens with zero attached hydrogens (tertiary/aromatic N) is 5. The molecule has 0 saturated carbocycles. The molecule has 324 valence electrons. The molecule has 1 aromatic heterocycles. The molecule has 14 nitrogen and oxygen atoms in total. The van der Waals surface area contributed by atoms with Crippen molar-refractivity contribution in [2.24, 2.45) is 23.1 Å². The number of nitrogens with one attached hydrogen (secondary N) is 1. The predicted octanol–water partition coefficient (Wildman–Crippen LogP) is 4.71. The van der Waals surface area contributed by atoms with Crippen molar-refractivity contribution in [1.29, 1.82) is 0 Å². The molecule has 0 spiro atoms. The average Bonchev–Trinajstić information content (AvgIpc) is 3.62. The monoisotopic (exact) mass is 831 g/mol. The number of carbonyl (C=O) groups excluding carboxylic acids is 3. The Morgan fingerprint density at radius 3 is 2.36 bits per heavy atom. The van der Waals surface area contributed by atoms with E-state index < -0.39 is 0 Å². The van der Waals surface area contributed by atoms with Crippen molar-refractivity contribution in [2.45, 2.75) is 58.1 Å². The first-order chi connectivity index (χ1) is 29.4. The number of anilines is 1. The highest BCUT2D eigenvalue weighted by atomic mass is 16.5. The van der Waals surface area contributed by atoms with Gasteiger partial charge < -0.3 is 56.5 Å². The second-order valence-corrected chi connectivity index (χ2v) is 16.7. The number of benzene rings is 3. The molecule has 3 amide bonds. The van der Waals surface area contributed by atoms with Crippen LogP contribution >= 0.6 is 0 Å². The van der Waals surface area contributed by atoms with Crippen LogP contribution in [-0.4, -0.2) is 109 Å². The number of hydrogen-bond donors (Lipinski definition) is 5. The Labute approximate surface area is 358 Å². The standard InChI is InChI=1S/C47H61N9O5/c1-31-25-34(11-12-36(31)44-29-54(23-24-61-44)42(46(49)50)27-39(48)37-7-4-5-10-43(37)58)47(60)53-20-13-33(14-21-53)28-52-18-15-35(16-19-52)56-32(2)26-38-40(8-6-9-41(38)56)55(30-57)22-17-45(59)51-3/h4-12,25-27,30,33,35,44,58H,13-24,28-29,48-50H2,1-3H3,(H,51,59)/b39-27-. The van der Waals surface area contributed by atoms with Crippen molar-refractivity contribution in [3.05, 3.63) is 112 Å². The zero-order valence-electron chi connectivity index (χ0n) is 35.7. The third-order valence-corrected chi connectivity index (χ3v) is 12.8. The Morgan fingerprint density at radius 2 is 1.67 bits per heavy atom. The predicted molar refractivity (Wildman–Crippen MR) is 239 cm³/mol. The second-order valence-electron chi connectivity index (χ2n) is 16.7. The third-order valence-electron chi connectivity index (χ3n) is 12.8. The number of carbonyl (C=O) groups is 3. The number of nitrogens with two attached hydrogens (primary N) is 3. The third kappa shape index (κ3) is 9.66. The van der Waals surface area contributed by atoms with Gasteiger partial charge in [-0.05, 0) is 105 Å². The minimum absolute atomic E-state index is 0.0613. The number of hydrogen-bond acceptors (Lipinski definition) is 10. The number of aryl methyl sites for hydroxylation is 2. The van der Waals surface area contributed by atoms with Gasteiger partial charge in [-0.25, -0.2) is 0 Å². The van der Waals surface area contributed by atoms with Crippen molar-refractivity contribution < 1.29 is 24.2 Å². The summed E-state index contributed by atoms with van der Waals surface area (Å²) in [7, 11) is 1.61. The molecular formula is C47H61N9O5. The van der Waals surface area contributed by atoms with Crippen LogP contribution in [0.25, 0.3) is 16.6 Å². The van der Waals surface area contributed by atoms with Crippen molar-refractivity contribution >= 4 is 40.5 Å². The number of piperidine rings is 2. The molecule has 8 N–H and O–H groups in total. The van der Waals surface area contributed by atoms with Crippen molar-refractivity contribution in [2.75, 3.05) is 70.9 Å². The molecule has 14 heteroatoms. The Kier molecular flexibility index (Phi) is 13.5. The van der Waals surface area contributed by atoms with Gasteiger partial charge in [-0.15, -0.1) is 0 Å². The van der Waals surface area contributed by atoms with E-state index in [1.807, 2.05) is 47.1 Å². The molecule has 0 radical (unpaired) electrons. The number of rotatable bonds is 13. The number of para-hydroxylation sites is 1. The largest absolute Gasteiger partial charge is 0.507 e. The fourth-order valence-electron chi connectivity index (χ4n) is 9.43. The molecule has 4 heterocycles. The maximum Gasteiger partial charge on any atom is 0.253 e. The number of amides is 3. The lowest BCUT2D eigenvalue weighted by atomic mass is 9.93. The molecule has 3 aliphatic rings. The van der Waals surface area contributed by atoms with Gasteiger partial charge in [0.1, 0.15) is 17.7 Å². The molecule has 3 aliphatic heterocycles. The van der Waals surface area contributed by atoms with Crippen LogP contribution in [-0.2, 0) is 14.3 Å². The van der Waals surface area contributed by atoms with Gasteiger partial charge in [0.15, 0.2) is 0 Å². The van der Waals surface area contributed by atoms with Crippen molar-refractivity contribution in [1.82, 2.24) is 24.6 Å². The van der Waals surface area contributed by atoms with Gasteiger partial charge in [-0.2, -0.15) is 0 Å². The van der Waals surface area contributed by atoms with Gasteiger partial charge >= 0.3 is 0 Å². The number of allylic oxidation sites excluding steroid dienone is 1. The summed E-state index contributed by atoms with van der Waals surface area (Å²) in [4.78, 5) is 46.0. The van der Waals surface area contributed by atoms with Gasteiger partial charge in [0, 0.05) is 99.8 Å². The molecule has 61 heavy (non-hydrogen) atoms. The first-order valence-electron chi connectivity index (χ1n) is 21.5. The van der Waals surface area contributed by atoms with Crippen LogP contribution in [0.3, 0.4) is 0 Å². The zero-order valence-corrected chi connectivity index (χ0v) is 35.7. The van der Waals surface area contributed by atoms with Crippen molar-refractivity contribution in [3.8, 4) is 5.75 Å². The summed E-state index contributed by atoms with van der Waals surface area (Å²) in [5.74, 6) is 0.709. The zero-order chi connectivity index (χ0) is 43.2. The molecular weight excluding hydrogens is 771 g/mol. The Hall–Kier alpha value is -5.99. The first kappa shape index (κ1) is 43.1. The maximum absolute atomic E-state index is 13.8. The molecule has 3 fully saturated rings. The summed E-state index contributed by atoms with van der Waals surface area (Å²) in [6.07, 6.45) is 6.55. The minimum atomic E-state index is -0.265. The highest BCUT2D eigenvalue weighted by Crippen LogP contribution is 2.36. The summed E-state index contributed by atoms with van der Waals surface area (Å²) < 4.78 is 8.66. The van der Waals surface area contributed by atoms with Gasteiger partial charge in [-0.3, -0.25) is 14.4 Å². The van der Waals surface area contributed by atoms with E-state index in [1.54, 1.807) is 42.3 Å². The molecule has 1 unspecified atom stereocenters. The topological polar surface area (TPSA) is 189 Å². The van der Waals surface area contributed by atoms with Crippen LogP contribution in [0.15, 0.2) is 84.3 Å². The van der Waals surface area contributed by atoms with Crippen molar-refractivity contribution in [3.63, 3.8) is 0 Å². The van der Waals surface area contributed by atoms with E-state index in [0.717, 1.165) is 92.5 Å². The number of ether oxygens (including phenoxy) is 1. The molecule has 3 saturated heterocycles. The van der Waals surface area contributed by atoms with Gasteiger partial charge in [0.2, 0.25) is 12.3 Å². The summed E-state index contributed by atoms with van der Waals surface area (Å²) in [5.41, 5.74) is 25.9. The lowest BCUT2D eigenvalue weighted by Gasteiger charge is -2.38. The molecule has 0 aliphatic carbocycles. The fourth-order valence-corrected chi connectivity index (χ4v) is 9.43. The fraction of sp³-hybridized carbons (Fsp3) is 0.426. The number of aromatic nitrogens is 1. The molecule has 1 atom stereocenters. The quantitative estimate of drug-likeness (QED) is 0.0933. The molecule has 4 aromatic rings. The number of likely N-dealkylation sites (tertiary alicyclic amines) is 2. The van der Waals surface area contributed by atoms with Gasteiger partial charge in [-0.1, -0.05) is 24.3 Å². The van der Waals surface area contributed by atoms with E-state index in [1.165, 1.54) is 5.69 Å². The maximum atomic E-state index is 13.8. The highest BCUT2D eigenvalue weighted by Gasteiger charge is 2.30. The summed E-state index contributed by atoms with van der Waals surface area (Å²) >= 11 is 0. The van der Waals surface area contributed by atoms with Crippen LogP contribution in [0.1, 0.15) is 77.0 Å². The van der Waals surface area contributed by atoms with E-state index in [2.05, 4.69) is 33.8 Å². The van der Waals surface area contributed by atoms with Crippen LogP contribution in [0.4, 0.5) is 5.69 Å². The highest BCUT2D eigenvalue weighted by molar-refractivity contribution is 5.98. The average molecular weight is 832 g/mol. The van der Waals surface area contributed by atoms with Gasteiger partial charge in [0.25, 0.3) is 5.91 Å². The smallest absolute Gasteiger partial charge is 0.253 e. The van der Waals surface area contributed by atoms with Gasteiger partial charge in [0.05, 0.1) is 23.5 Å². The van der Waals surface area contributed by atoms with E-state index in [4.69, 9.17) is 21.9 Å². The number of morpholine rings is 1. The first-order valence-corrected chi connectivity index (χ1v) is 21.5. The number of fused-ring (bicyclic) bond motifs is 1. The summed E-state index contributed by atoms with van der Waals surface area (Å²) in [6.45, 7) is 10.6. The van der Waals surface area contributed by atoms with Crippen LogP contribution in [0.2, 0.25) is 0 Å². The Balaban J connectivity index is 0.909. The second kappa shape index (κ2) is 19.2. The van der Waals surface area contributed by atoms with E-state index in [-0.39, 0.29) is 35.9 Å². The molecule has 0 bridgehead atoms. The van der Waals surface area contributed by atoms with E-state index >= 15 is 0 Å². The summed E-state index contributed by atoms with van der Waals surface area (Å²) in [5, 5.41) is 14.0. The van der Waals surface area contributed by atoms with Crippen LogP contribution < -0.4 is 27.4 Å². The van der Waals surface area contributed by atoms with E-state index in [0.29, 0.717) is 60.7 Å². The summed E-state index contributed by atoms with van der Waals surface area (Å²) in [6, 6.07) is 21.4. The SMILES string of the molecule is CNC(=O)CCN(C=O)c1cccc2c1cc(C)n2C1CCN(CC2CCN(C(=O)c3ccc(C4CN(C(/C=C(\N)c5ccccc5O)=C(N)N)CCO4)c(C)c3)CC2)CC1. The number of phenols is 1. The molecule has 3 aromatic carbocycles. The van der Waals surface area contributed by atoms with Crippen LogP contribution in [0.5, 0.6) is 5.75 Å². The Bertz CT molecular complexity index is 2280. The Morgan fingerprint density at radius 1 is 0.918 bits per heavy atom. The number of aromatic hydroxyl groups is 1. The van der Waals surface area contributed by atoms with Crippen LogP contribution in [0, 0.1) is 19.8 Å². The lowest BCUT2D eigenvalue weighted by molar-refractivity contribution is -0.120. The normalized spacial score (nSPS) is 18.3. The lowest BCUT2D eigenvalue weighted by Crippen LogP contribution is -2.43.